The van der Waals surface area contributed by atoms with E-state index in [0.29, 0.717) is 12.1 Å². The molecule has 5 heteroatoms. The van der Waals surface area contributed by atoms with Crippen LogP contribution in [0.25, 0.3) is 11.3 Å². The summed E-state index contributed by atoms with van der Waals surface area (Å²) < 4.78 is 28.3. The molecule has 2 heterocycles. The Hall–Kier alpha value is -1.75. The number of aromatic nitrogens is 2. The molecule has 0 saturated heterocycles. The third kappa shape index (κ3) is 1.62. The molecule has 1 aromatic carbocycles. The number of nitrogens with zero attached hydrogens (tertiary/aromatic N) is 2. The molecule has 2 N–H and O–H groups in total. The van der Waals surface area contributed by atoms with E-state index in [0.717, 1.165) is 42.7 Å². The first-order valence-corrected chi connectivity index (χ1v) is 5.94. The third-order valence-corrected chi connectivity index (χ3v) is 3.32. The van der Waals surface area contributed by atoms with Crippen LogP contribution in [0.4, 0.5) is 8.78 Å². The molecule has 0 unspecified atom stereocenters. The highest BCUT2D eigenvalue weighted by atomic mass is 19.2. The van der Waals surface area contributed by atoms with Gasteiger partial charge in [-0.1, -0.05) is 0 Å². The van der Waals surface area contributed by atoms with Crippen LogP contribution < -0.4 is 5.73 Å². The lowest BCUT2D eigenvalue weighted by atomic mass is 10.1. The summed E-state index contributed by atoms with van der Waals surface area (Å²) in [6.45, 7) is 1.26. The van der Waals surface area contributed by atoms with E-state index in [1.54, 1.807) is 6.07 Å². The number of halogens is 2. The summed E-state index contributed by atoms with van der Waals surface area (Å²) >= 11 is 0. The number of rotatable bonds is 2. The summed E-state index contributed by atoms with van der Waals surface area (Å²) in [4.78, 5) is 4.44. The molecule has 0 fully saturated rings. The second-order valence-corrected chi connectivity index (χ2v) is 4.41. The smallest absolute Gasteiger partial charge is 0.159 e. The number of nitrogens with two attached hydrogens (primary N) is 1. The van der Waals surface area contributed by atoms with E-state index in [2.05, 4.69) is 9.55 Å². The molecule has 0 saturated carbocycles. The van der Waals surface area contributed by atoms with Crippen molar-refractivity contribution < 1.29 is 8.78 Å². The lowest BCUT2D eigenvalue weighted by Gasteiger charge is -2.01. The van der Waals surface area contributed by atoms with Crippen LogP contribution in [0.2, 0.25) is 0 Å². The number of hydrogen-bond acceptors (Lipinski definition) is 2. The predicted octanol–water partition coefficient (Wildman–Crippen LogP) is 2.23. The standard InChI is InChI=1S/C13H13F2N3/c14-9-4-3-8(6-10(9)15)13-11-2-1-5-18(11)12(7-16)17-13/h3-4,6H,1-2,5,7,16H2. The van der Waals surface area contributed by atoms with Crippen LogP contribution in [0.5, 0.6) is 0 Å². The number of hydrogen-bond donors (Lipinski definition) is 1. The maximum atomic E-state index is 13.3. The van der Waals surface area contributed by atoms with Crippen molar-refractivity contribution in [2.45, 2.75) is 25.9 Å². The molecule has 2 aromatic rings. The highest BCUT2D eigenvalue weighted by Crippen LogP contribution is 2.30. The zero-order valence-electron chi connectivity index (χ0n) is 9.79. The minimum atomic E-state index is -0.846. The SMILES string of the molecule is NCc1nc(-c2ccc(F)c(F)c2)c2n1CCC2. The molecule has 1 aliphatic heterocycles. The van der Waals surface area contributed by atoms with E-state index in [1.807, 2.05) is 0 Å². The Bertz CT molecular complexity index is 605. The van der Waals surface area contributed by atoms with Gasteiger partial charge in [-0.3, -0.25) is 0 Å². The normalized spacial score (nSPS) is 13.9. The molecule has 0 aliphatic carbocycles. The van der Waals surface area contributed by atoms with Crippen LogP contribution in [0.1, 0.15) is 17.9 Å². The van der Waals surface area contributed by atoms with Crippen molar-refractivity contribution in [2.75, 3.05) is 0 Å². The molecule has 18 heavy (non-hydrogen) atoms. The van der Waals surface area contributed by atoms with E-state index < -0.39 is 11.6 Å². The van der Waals surface area contributed by atoms with Crippen molar-refractivity contribution in [1.82, 2.24) is 9.55 Å². The van der Waals surface area contributed by atoms with Crippen molar-refractivity contribution in [3.63, 3.8) is 0 Å². The molecule has 3 nitrogen and oxygen atoms in total. The van der Waals surface area contributed by atoms with Crippen LogP contribution in [0, 0.1) is 11.6 Å². The van der Waals surface area contributed by atoms with Crippen LogP contribution >= 0.6 is 0 Å². The fourth-order valence-corrected chi connectivity index (χ4v) is 2.49. The first-order chi connectivity index (χ1) is 8.70. The van der Waals surface area contributed by atoms with Gasteiger partial charge in [-0.05, 0) is 31.0 Å². The average molecular weight is 249 g/mol. The van der Waals surface area contributed by atoms with Crippen molar-refractivity contribution >= 4 is 0 Å². The number of benzene rings is 1. The monoisotopic (exact) mass is 249 g/mol. The maximum absolute atomic E-state index is 13.3. The molecule has 1 aromatic heterocycles. The molecular formula is C13H13F2N3. The summed E-state index contributed by atoms with van der Waals surface area (Å²) in [6, 6.07) is 3.88. The number of fused-ring (bicyclic) bond motifs is 1. The summed E-state index contributed by atoms with van der Waals surface area (Å²) in [7, 11) is 0. The van der Waals surface area contributed by atoms with Crippen molar-refractivity contribution in [2.24, 2.45) is 5.73 Å². The van der Waals surface area contributed by atoms with Crippen molar-refractivity contribution in [3.05, 3.63) is 41.4 Å². The topological polar surface area (TPSA) is 43.8 Å². The van der Waals surface area contributed by atoms with E-state index in [4.69, 9.17) is 5.73 Å². The molecule has 0 atom stereocenters. The van der Waals surface area contributed by atoms with Gasteiger partial charge in [0, 0.05) is 17.8 Å². The molecular weight excluding hydrogens is 236 g/mol. The third-order valence-electron chi connectivity index (χ3n) is 3.32. The Balaban J connectivity index is 2.14. The lowest BCUT2D eigenvalue weighted by Crippen LogP contribution is -2.06. The van der Waals surface area contributed by atoms with Crippen molar-refractivity contribution in [1.29, 1.82) is 0 Å². The van der Waals surface area contributed by atoms with E-state index >= 15 is 0 Å². The van der Waals surface area contributed by atoms with Gasteiger partial charge in [0.05, 0.1) is 12.2 Å². The Morgan fingerprint density at radius 3 is 2.83 bits per heavy atom. The first-order valence-electron chi connectivity index (χ1n) is 5.94. The summed E-state index contributed by atoms with van der Waals surface area (Å²) in [5.74, 6) is -0.877. The quantitative estimate of drug-likeness (QED) is 0.887. The van der Waals surface area contributed by atoms with Gasteiger partial charge in [-0.15, -0.1) is 0 Å². The van der Waals surface area contributed by atoms with Gasteiger partial charge in [-0.25, -0.2) is 13.8 Å². The Labute approximate surface area is 103 Å². The van der Waals surface area contributed by atoms with E-state index in [-0.39, 0.29) is 0 Å². The zero-order chi connectivity index (χ0) is 12.7. The minimum absolute atomic E-state index is 0.358. The zero-order valence-corrected chi connectivity index (χ0v) is 9.79. The average Bonchev–Trinajstić information content (AvgIpc) is 2.94. The Morgan fingerprint density at radius 2 is 2.11 bits per heavy atom. The molecule has 0 radical (unpaired) electrons. The molecule has 0 bridgehead atoms. The fourth-order valence-electron chi connectivity index (χ4n) is 2.49. The molecule has 94 valence electrons. The predicted molar refractivity (Wildman–Crippen MR) is 63.8 cm³/mol. The van der Waals surface area contributed by atoms with Gasteiger partial charge in [0.2, 0.25) is 0 Å². The number of imidazole rings is 1. The van der Waals surface area contributed by atoms with Gasteiger partial charge < -0.3 is 10.3 Å². The second kappa shape index (κ2) is 4.17. The van der Waals surface area contributed by atoms with Gasteiger partial charge in [-0.2, -0.15) is 0 Å². The largest absolute Gasteiger partial charge is 0.330 e. The van der Waals surface area contributed by atoms with E-state index in [9.17, 15) is 8.78 Å². The highest BCUT2D eigenvalue weighted by Gasteiger charge is 2.22. The van der Waals surface area contributed by atoms with Gasteiger partial charge in [0.15, 0.2) is 11.6 Å². The lowest BCUT2D eigenvalue weighted by molar-refractivity contribution is 0.509. The van der Waals surface area contributed by atoms with Crippen LogP contribution in [-0.4, -0.2) is 9.55 Å². The van der Waals surface area contributed by atoms with Crippen LogP contribution in [0.3, 0.4) is 0 Å². The highest BCUT2D eigenvalue weighted by molar-refractivity contribution is 5.63. The van der Waals surface area contributed by atoms with Gasteiger partial charge >= 0.3 is 0 Å². The van der Waals surface area contributed by atoms with Gasteiger partial charge in [0.25, 0.3) is 0 Å². The summed E-state index contributed by atoms with van der Waals surface area (Å²) in [5.41, 5.74) is 8.06. The van der Waals surface area contributed by atoms with Crippen LogP contribution in [-0.2, 0) is 19.5 Å². The fraction of sp³-hybridized carbons (Fsp3) is 0.308. The maximum Gasteiger partial charge on any atom is 0.159 e. The molecule has 3 rings (SSSR count). The molecule has 1 aliphatic rings. The van der Waals surface area contributed by atoms with Crippen LogP contribution in [0.15, 0.2) is 18.2 Å². The summed E-state index contributed by atoms with van der Waals surface area (Å²) in [6.07, 6.45) is 1.95. The van der Waals surface area contributed by atoms with Gasteiger partial charge in [0.1, 0.15) is 5.82 Å². The Morgan fingerprint density at radius 1 is 1.28 bits per heavy atom. The Kier molecular flexibility index (Phi) is 2.63. The summed E-state index contributed by atoms with van der Waals surface area (Å²) in [5, 5.41) is 0. The van der Waals surface area contributed by atoms with Crippen molar-refractivity contribution in [3.8, 4) is 11.3 Å². The minimum Gasteiger partial charge on any atom is -0.330 e. The molecule has 0 amide bonds. The second-order valence-electron chi connectivity index (χ2n) is 4.41. The van der Waals surface area contributed by atoms with E-state index in [1.165, 1.54) is 6.07 Å². The first kappa shape index (κ1) is 11.3. The molecule has 0 spiro atoms.